The van der Waals surface area contributed by atoms with E-state index in [2.05, 4.69) is 10.2 Å². The Kier molecular flexibility index (Phi) is 3.14. The summed E-state index contributed by atoms with van der Waals surface area (Å²) in [6.07, 6.45) is 1.08. The van der Waals surface area contributed by atoms with Crippen molar-refractivity contribution < 1.29 is 4.92 Å². The summed E-state index contributed by atoms with van der Waals surface area (Å²) in [4.78, 5) is 12.3. The minimum absolute atomic E-state index is 0.0355. The Labute approximate surface area is 99.6 Å². The fourth-order valence-electron chi connectivity index (χ4n) is 2.11. The molecule has 92 valence electrons. The van der Waals surface area contributed by atoms with Crippen molar-refractivity contribution in [2.75, 3.05) is 30.8 Å². The third-order valence-corrected chi connectivity index (χ3v) is 3.20. The average Bonchev–Trinajstić information content (AvgIpc) is 2.80. The zero-order chi connectivity index (χ0) is 12.4. The molecule has 1 heterocycles. The van der Waals surface area contributed by atoms with Crippen molar-refractivity contribution in [1.82, 2.24) is 5.32 Å². The maximum Gasteiger partial charge on any atom is 0.292 e. The molecule has 0 aliphatic carbocycles. The van der Waals surface area contributed by atoms with E-state index < -0.39 is 4.92 Å². The van der Waals surface area contributed by atoms with Crippen molar-refractivity contribution in [3.8, 4) is 0 Å². The van der Waals surface area contributed by atoms with Crippen molar-refractivity contribution in [2.24, 2.45) is 0 Å². The maximum atomic E-state index is 10.7. The number of nitrogens with one attached hydrogen (secondary N) is 1. The quantitative estimate of drug-likeness (QED) is 0.464. The van der Waals surface area contributed by atoms with Gasteiger partial charge in [-0.3, -0.25) is 10.1 Å². The number of benzene rings is 1. The second-order valence-corrected chi connectivity index (χ2v) is 4.26. The molecule has 3 N–H and O–H groups in total. The Hall–Kier alpha value is -1.82. The number of nitrogen functional groups attached to an aromatic ring is 1. The van der Waals surface area contributed by atoms with Gasteiger partial charge < -0.3 is 16.0 Å². The molecule has 0 bridgehead atoms. The van der Waals surface area contributed by atoms with Crippen LogP contribution in [0.1, 0.15) is 6.42 Å². The van der Waals surface area contributed by atoms with Crippen molar-refractivity contribution in [1.29, 1.82) is 0 Å². The first-order valence-corrected chi connectivity index (χ1v) is 5.57. The molecule has 6 nitrogen and oxygen atoms in total. The summed E-state index contributed by atoms with van der Waals surface area (Å²) in [7, 11) is 1.98. The molecule has 1 aliphatic heterocycles. The van der Waals surface area contributed by atoms with Crippen molar-refractivity contribution in [3.63, 3.8) is 0 Å². The van der Waals surface area contributed by atoms with Gasteiger partial charge in [0.15, 0.2) is 0 Å². The van der Waals surface area contributed by atoms with Gasteiger partial charge in [0, 0.05) is 31.4 Å². The molecule has 1 aromatic carbocycles. The molecule has 17 heavy (non-hydrogen) atoms. The Balaban J connectivity index is 2.21. The summed E-state index contributed by atoms with van der Waals surface area (Å²) in [5, 5.41) is 13.9. The predicted molar refractivity (Wildman–Crippen MR) is 67.2 cm³/mol. The Morgan fingerprint density at radius 1 is 1.59 bits per heavy atom. The fourth-order valence-corrected chi connectivity index (χ4v) is 2.11. The van der Waals surface area contributed by atoms with Gasteiger partial charge in [-0.05, 0) is 25.1 Å². The molecule has 0 saturated carbocycles. The number of nitro benzene ring substituents is 1. The van der Waals surface area contributed by atoms with Crippen molar-refractivity contribution in [3.05, 3.63) is 28.3 Å². The van der Waals surface area contributed by atoms with Crippen LogP contribution >= 0.6 is 0 Å². The van der Waals surface area contributed by atoms with Gasteiger partial charge in [0.05, 0.1) is 4.92 Å². The lowest BCUT2D eigenvalue weighted by Gasteiger charge is -2.26. The normalized spacial score (nSPS) is 19.2. The van der Waals surface area contributed by atoms with Gasteiger partial charge in [0.1, 0.15) is 5.69 Å². The minimum Gasteiger partial charge on any atom is -0.393 e. The molecule has 1 fully saturated rings. The summed E-state index contributed by atoms with van der Waals surface area (Å²) < 4.78 is 0. The third kappa shape index (κ3) is 2.31. The van der Waals surface area contributed by atoms with Crippen LogP contribution in [0.3, 0.4) is 0 Å². The molecule has 1 aromatic rings. The van der Waals surface area contributed by atoms with Crippen LogP contribution in [0.4, 0.5) is 17.1 Å². The molecule has 1 aliphatic rings. The largest absolute Gasteiger partial charge is 0.393 e. The second-order valence-electron chi connectivity index (χ2n) is 4.26. The smallest absolute Gasteiger partial charge is 0.292 e. The SMILES string of the molecule is CN(c1ccc([N+](=O)[O-])c(N)c1)C1CCNC1. The molecular weight excluding hydrogens is 220 g/mol. The van der Waals surface area contributed by atoms with E-state index in [1.807, 2.05) is 7.05 Å². The summed E-state index contributed by atoms with van der Waals surface area (Å²) in [6.45, 7) is 1.95. The monoisotopic (exact) mass is 236 g/mol. The van der Waals surface area contributed by atoms with E-state index in [1.54, 1.807) is 12.1 Å². The van der Waals surface area contributed by atoms with Gasteiger partial charge in [-0.1, -0.05) is 0 Å². The number of hydrogen-bond acceptors (Lipinski definition) is 5. The lowest BCUT2D eigenvalue weighted by atomic mass is 10.2. The first-order chi connectivity index (χ1) is 8.09. The molecule has 0 radical (unpaired) electrons. The number of nitro groups is 1. The van der Waals surface area contributed by atoms with E-state index in [4.69, 9.17) is 5.73 Å². The minimum atomic E-state index is -0.462. The number of nitrogens with zero attached hydrogens (tertiary/aromatic N) is 2. The topological polar surface area (TPSA) is 84.4 Å². The lowest BCUT2D eigenvalue weighted by molar-refractivity contribution is -0.383. The number of anilines is 2. The summed E-state index contributed by atoms with van der Waals surface area (Å²) in [6, 6.07) is 5.29. The highest BCUT2D eigenvalue weighted by atomic mass is 16.6. The predicted octanol–water partition coefficient (Wildman–Crippen LogP) is 0.975. The molecule has 0 spiro atoms. The van der Waals surface area contributed by atoms with E-state index in [0.29, 0.717) is 6.04 Å². The van der Waals surface area contributed by atoms with Gasteiger partial charge in [0.25, 0.3) is 5.69 Å². The summed E-state index contributed by atoms with van der Waals surface area (Å²) in [5.41, 5.74) is 6.77. The first kappa shape index (κ1) is 11.7. The molecule has 0 aromatic heterocycles. The number of hydrogen-bond donors (Lipinski definition) is 2. The number of rotatable bonds is 3. The Morgan fingerprint density at radius 3 is 2.88 bits per heavy atom. The van der Waals surface area contributed by atoms with Gasteiger partial charge in [-0.2, -0.15) is 0 Å². The third-order valence-electron chi connectivity index (χ3n) is 3.20. The molecule has 6 heteroatoms. The zero-order valence-electron chi connectivity index (χ0n) is 9.72. The molecule has 1 unspecified atom stereocenters. The zero-order valence-corrected chi connectivity index (χ0v) is 9.72. The fraction of sp³-hybridized carbons (Fsp3) is 0.455. The number of likely N-dealkylation sites (N-methyl/N-ethyl adjacent to an activating group) is 1. The van der Waals surface area contributed by atoms with E-state index in [1.165, 1.54) is 6.07 Å². The highest BCUT2D eigenvalue weighted by molar-refractivity contribution is 5.66. The van der Waals surface area contributed by atoms with Crippen LogP contribution in [0, 0.1) is 10.1 Å². The van der Waals surface area contributed by atoms with E-state index in [9.17, 15) is 10.1 Å². The standard InChI is InChI=1S/C11H16N4O2/c1-14(9-4-5-13-7-9)8-2-3-11(15(16)17)10(12)6-8/h2-3,6,9,13H,4-5,7,12H2,1H3. The second kappa shape index (κ2) is 4.58. The van der Waals surface area contributed by atoms with Crippen LogP contribution < -0.4 is 16.0 Å². The van der Waals surface area contributed by atoms with Crippen molar-refractivity contribution >= 4 is 17.1 Å². The van der Waals surface area contributed by atoms with Gasteiger partial charge in [-0.25, -0.2) is 0 Å². The Bertz CT molecular complexity index is 429. The van der Waals surface area contributed by atoms with Gasteiger partial charge in [-0.15, -0.1) is 0 Å². The van der Waals surface area contributed by atoms with Gasteiger partial charge in [0.2, 0.25) is 0 Å². The van der Waals surface area contributed by atoms with Gasteiger partial charge >= 0.3 is 0 Å². The van der Waals surface area contributed by atoms with Crippen LogP contribution in [-0.2, 0) is 0 Å². The number of nitrogens with two attached hydrogens (primary N) is 1. The molecule has 1 saturated heterocycles. The molecule has 1 atom stereocenters. The average molecular weight is 236 g/mol. The van der Waals surface area contributed by atoms with Crippen LogP contribution in [-0.4, -0.2) is 31.1 Å². The van der Waals surface area contributed by atoms with E-state index in [0.717, 1.165) is 25.2 Å². The molecule has 0 amide bonds. The lowest BCUT2D eigenvalue weighted by Crippen LogP contribution is -2.33. The van der Waals surface area contributed by atoms with Crippen LogP contribution in [0.2, 0.25) is 0 Å². The van der Waals surface area contributed by atoms with Crippen LogP contribution in [0.15, 0.2) is 18.2 Å². The summed E-state index contributed by atoms with van der Waals surface area (Å²) in [5.74, 6) is 0. The molecular formula is C11H16N4O2. The van der Waals surface area contributed by atoms with E-state index >= 15 is 0 Å². The van der Waals surface area contributed by atoms with Crippen LogP contribution in [0.25, 0.3) is 0 Å². The highest BCUT2D eigenvalue weighted by Crippen LogP contribution is 2.27. The first-order valence-electron chi connectivity index (χ1n) is 5.57. The summed E-state index contributed by atoms with van der Waals surface area (Å²) >= 11 is 0. The highest BCUT2D eigenvalue weighted by Gasteiger charge is 2.21. The maximum absolute atomic E-state index is 10.7. The van der Waals surface area contributed by atoms with Crippen molar-refractivity contribution in [2.45, 2.75) is 12.5 Å². The Morgan fingerprint density at radius 2 is 2.35 bits per heavy atom. The van der Waals surface area contributed by atoms with E-state index in [-0.39, 0.29) is 11.4 Å². The van der Waals surface area contributed by atoms with Crippen LogP contribution in [0.5, 0.6) is 0 Å². The molecule has 2 rings (SSSR count).